The van der Waals surface area contributed by atoms with Gasteiger partial charge in [-0.15, -0.1) is 0 Å². The fourth-order valence-electron chi connectivity index (χ4n) is 1.60. The van der Waals surface area contributed by atoms with Crippen LogP contribution in [-0.2, 0) is 11.8 Å². The van der Waals surface area contributed by atoms with E-state index in [1.807, 2.05) is 20.9 Å². The van der Waals surface area contributed by atoms with E-state index in [4.69, 9.17) is 5.73 Å². The molecule has 15 heavy (non-hydrogen) atoms. The Morgan fingerprint density at radius 2 is 2.40 bits per heavy atom. The maximum atomic E-state index is 10.9. The van der Waals surface area contributed by atoms with Gasteiger partial charge in [0.05, 0.1) is 6.20 Å². The van der Waals surface area contributed by atoms with Gasteiger partial charge in [-0.1, -0.05) is 6.92 Å². The molecule has 1 rings (SSSR count). The van der Waals surface area contributed by atoms with Gasteiger partial charge in [0.25, 0.3) is 0 Å². The number of carbonyl (C=O) groups is 1. The minimum absolute atomic E-state index is 0.0267. The monoisotopic (exact) mass is 210 g/mol. The molecule has 0 aliphatic rings. The number of hydrogen-bond donors (Lipinski definition) is 2. The summed E-state index contributed by atoms with van der Waals surface area (Å²) < 4.78 is 1.79. The Labute approximate surface area is 89.6 Å². The van der Waals surface area contributed by atoms with Gasteiger partial charge in [0.15, 0.2) is 0 Å². The molecule has 0 saturated heterocycles. The number of aromatic nitrogens is 2. The van der Waals surface area contributed by atoms with Crippen LogP contribution in [0.25, 0.3) is 0 Å². The molecule has 0 saturated carbocycles. The smallest absolute Gasteiger partial charge is 0.219 e. The van der Waals surface area contributed by atoms with Crippen LogP contribution < -0.4 is 11.1 Å². The van der Waals surface area contributed by atoms with Crippen LogP contribution in [0.15, 0.2) is 6.20 Å². The van der Waals surface area contributed by atoms with Crippen molar-refractivity contribution in [1.82, 2.24) is 15.1 Å². The van der Waals surface area contributed by atoms with Crippen molar-refractivity contribution in [2.45, 2.75) is 26.3 Å². The highest BCUT2D eigenvalue weighted by atomic mass is 16.1. The number of primary amides is 1. The zero-order valence-corrected chi connectivity index (χ0v) is 9.45. The zero-order valence-electron chi connectivity index (χ0n) is 9.45. The topological polar surface area (TPSA) is 72.9 Å². The molecule has 0 fully saturated rings. The average molecular weight is 210 g/mol. The first-order chi connectivity index (χ1) is 7.06. The van der Waals surface area contributed by atoms with Gasteiger partial charge in [0.2, 0.25) is 5.91 Å². The molecule has 0 aliphatic heterocycles. The van der Waals surface area contributed by atoms with Gasteiger partial charge in [0, 0.05) is 30.8 Å². The molecule has 0 aliphatic carbocycles. The number of nitrogens with zero attached hydrogens (tertiary/aromatic N) is 2. The fraction of sp³-hybridized carbons (Fsp3) is 0.600. The molecule has 1 heterocycles. The third kappa shape index (κ3) is 2.79. The SMILES string of the molecule is CCNC(CC(N)=O)c1cnn(C)c1C. The zero-order chi connectivity index (χ0) is 11.4. The van der Waals surface area contributed by atoms with Crippen LogP contribution in [0.2, 0.25) is 0 Å². The Balaban J connectivity index is 2.88. The molecule has 0 spiro atoms. The van der Waals surface area contributed by atoms with Crippen LogP contribution in [0, 0.1) is 6.92 Å². The number of rotatable bonds is 5. The second-order valence-corrected chi connectivity index (χ2v) is 3.59. The minimum Gasteiger partial charge on any atom is -0.370 e. The summed E-state index contributed by atoms with van der Waals surface area (Å²) in [6.45, 7) is 4.78. The summed E-state index contributed by atoms with van der Waals surface area (Å²) in [5.41, 5.74) is 7.31. The van der Waals surface area contributed by atoms with Crippen LogP contribution in [0.5, 0.6) is 0 Å². The summed E-state index contributed by atoms with van der Waals surface area (Å²) in [7, 11) is 1.88. The van der Waals surface area contributed by atoms with Gasteiger partial charge in [-0.05, 0) is 13.5 Å². The van der Waals surface area contributed by atoms with Crippen LogP contribution in [0.3, 0.4) is 0 Å². The number of nitrogens with one attached hydrogen (secondary N) is 1. The van der Waals surface area contributed by atoms with E-state index in [0.717, 1.165) is 17.8 Å². The average Bonchev–Trinajstić information content (AvgIpc) is 2.46. The fourth-order valence-corrected chi connectivity index (χ4v) is 1.60. The summed E-state index contributed by atoms with van der Waals surface area (Å²) in [5, 5.41) is 7.38. The maximum absolute atomic E-state index is 10.9. The molecule has 1 amide bonds. The molecule has 3 N–H and O–H groups in total. The lowest BCUT2D eigenvalue weighted by Gasteiger charge is -2.15. The molecule has 1 aromatic heterocycles. The van der Waals surface area contributed by atoms with Gasteiger partial charge in [-0.3, -0.25) is 9.48 Å². The first-order valence-corrected chi connectivity index (χ1v) is 5.06. The molecular weight excluding hydrogens is 192 g/mol. The van der Waals surface area contributed by atoms with Crippen LogP contribution in [0.1, 0.15) is 30.6 Å². The Morgan fingerprint density at radius 1 is 1.73 bits per heavy atom. The van der Waals surface area contributed by atoms with Crippen molar-refractivity contribution < 1.29 is 4.79 Å². The van der Waals surface area contributed by atoms with Gasteiger partial charge in [0.1, 0.15) is 0 Å². The van der Waals surface area contributed by atoms with E-state index in [1.54, 1.807) is 10.9 Å². The van der Waals surface area contributed by atoms with E-state index < -0.39 is 0 Å². The largest absolute Gasteiger partial charge is 0.370 e. The molecule has 5 nitrogen and oxygen atoms in total. The molecule has 1 aromatic rings. The van der Waals surface area contributed by atoms with E-state index in [2.05, 4.69) is 10.4 Å². The highest BCUT2D eigenvalue weighted by Gasteiger charge is 2.17. The summed E-state index contributed by atoms with van der Waals surface area (Å²) in [6.07, 6.45) is 2.09. The molecule has 0 radical (unpaired) electrons. The predicted octanol–water partition coefficient (Wildman–Crippen LogP) is 0.255. The Bertz CT molecular complexity index is 345. The second kappa shape index (κ2) is 4.93. The summed E-state index contributed by atoms with van der Waals surface area (Å²) >= 11 is 0. The quantitative estimate of drug-likeness (QED) is 0.732. The second-order valence-electron chi connectivity index (χ2n) is 3.59. The van der Waals surface area contributed by atoms with Gasteiger partial charge >= 0.3 is 0 Å². The minimum atomic E-state index is -0.302. The third-order valence-electron chi connectivity index (χ3n) is 2.50. The van der Waals surface area contributed by atoms with Crippen molar-refractivity contribution >= 4 is 5.91 Å². The molecule has 1 unspecified atom stereocenters. The number of carbonyl (C=O) groups excluding carboxylic acids is 1. The number of aryl methyl sites for hydroxylation is 1. The number of amides is 1. The first kappa shape index (κ1) is 11.7. The molecule has 0 bridgehead atoms. The lowest BCUT2D eigenvalue weighted by molar-refractivity contribution is -0.118. The molecule has 5 heteroatoms. The predicted molar refractivity (Wildman–Crippen MR) is 58.2 cm³/mol. The van der Waals surface area contributed by atoms with Crippen molar-refractivity contribution in [1.29, 1.82) is 0 Å². The number of nitrogens with two attached hydrogens (primary N) is 1. The highest BCUT2D eigenvalue weighted by Crippen LogP contribution is 2.19. The molecule has 1 atom stereocenters. The van der Waals surface area contributed by atoms with Gasteiger partial charge < -0.3 is 11.1 Å². The lowest BCUT2D eigenvalue weighted by atomic mass is 10.0. The summed E-state index contributed by atoms with van der Waals surface area (Å²) in [5.74, 6) is -0.302. The summed E-state index contributed by atoms with van der Waals surface area (Å²) in [6, 6.07) is -0.0267. The van der Waals surface area contributed by atoms with Crippen molar-refractivity contribution in [2.24, 2.45) is 12.8 Å². The third-order valence-corrected chi connectivity index (χ3v) is 2.50. The number of hydrogen-bond acceptors (Lipinski definition) is 3. The van der Waals surface area contributed by atoms with E-state index in [1.165, 1.54) is 0 Å². The van der Waals surface area contributed by atoms with Gasteiger partial charge in [-0.25, -0.2) is 0 Å². The van der Waals surface area contributed by atoms with Crippen molar-refractivity contribution in [3.63, 3.8) is 0 Å². The molecular formula is C10H18N4O. The van der Waals surface area contributed by atoms with Crippen molar-refractivity contribution in [3.05, 3.63) is 17.5 Å². The van der Waals surface area contributed by atoms with Crippen LogP contribution in [0.4, 0.5) is 0 Å². The van der Waals surface area contributed by atoms with Crippen molar-refractivity contribution in [2.75, 3.05) is 6.54 Å². The Morgan fingerprint density at radius 3 is 2.80 bits per heavy atom. The van der Waals surface area contributed by atoms with E-state index in [0.29, 0.717) is 6.42 Å². The van der Waals surface area contributed by atoms with Crippen LogP contribution in [-0.4, -0.2) is 22.2 Å². The van der Waals surface area contributed by atoms with Crippen LogP contribution >= 0.6 is 0 Å². The lowest BCUT2D eigenvalue weighted by Crippen LogP contribution is -2.26. The maximum Gasteiger partial charge on any atom is 0.219 e. The standard InChI is InChI=1S/C10H18N4O/c1-4-12-9(5-10(11)15)8-6-13-14(3)7(8)2/h6,9,12H,4-5H2,1-3H3,(H2,11,15). The normalized spacial score (nSPS) is 12.7. The summed E-state index contributed by atoms with van der Waals surface area (Å²) in [4.78, 5) is 10.9. The molecule has 0 aromatic carbocycles. The van der Waals surface area contributed by atoms with Gasteiger partial charge in [-0.2, -0.15) is 5.10 Å². The highest BCUT2D eigenvalue weighted by molar-refractivity contribution is 5.74. The Hall–Kier alpha value is -1.36. The molecule has 84 valence electrons. The van der Waals surface area contributed by atoms with Crippen molar-refractivity contribution in [3.8, 4) is 0 Å². The van der Waals surface area contributed by atoms with E-state index in [-0.39, 0.29) is 11.9 Å². The van der Waals surface area contributed by atoms with E-state index in [9.17, 15) is 4.79 Å². The van der Waals surface area contributed by atoms with E-state index >= 15 is 0 Å². The first-order valence-electron chi connectivity index (χ1n) is 5.06. The Kier molecular flexibility index (Phi) is 3.85.